The Labute approximate surface area is 127 Å². The van der Waals surface area contributed by atoms with Crippen molar-refractivity contribution >= 4 is 33.0 Å². The smallest absolute Gasteiger partial charge is 0.175 e. The van der Waals surface area contributed by atoms with Crippen LogP contribution in [0.15, 0.2) is 41.4 Å². The number of nitrogens with zero attached hydrogens (tertiary/aromatic N) is 1. The third-order valence-corrected chi connectivity index (χ3v) is 4.17. The lowest BCUT2D eigenvalue weighted by molar-refractivity contribution is 0.301. The van der Waals surface area contributed by atoms with E-state index in [1.165, 1.54) is 18.3 Å². The number of ether oxygens (including phenoxy) is 1. The Bertz CT molecular complexity index is 715. The molecule has 0 radical (unpaired) electrons. The SMILES string of the molecule is CS(=O)(=O)c1ccc(OCc2ncc(Cl)cc2Cl)cc1. The van der Waals surface area contributed by atoms with Crippen LogP contribution < -0.4 is 4.74 Å². The van der Waals surface area contributed by atoms with Gasteiger partial charge in [-0.15, -0.1) is 0 Å². The quantitative estimate of drug-likeness (QED) is 0.861. The van der Waals surface area contributed by atoms with E-state index in [4.69, 9.17) is 27.9 Å². The molecule has 0 aliphatic rings. The molecule has 0 bridgehead atoms. The minimum atomic E-state index is -3.20. The van der Waals surface area contributed by atoms with Gasteiger partial charge in [0.15, 0.2) is 9.84 Å². The largest absolute Gasteiger partial charge is 0.487 e. The summed E-state index contributed by atoms with van der Waals surface area (Å²) in [6, 6.07) is 7.73. The first kappa shape index (κ1) is 15.1. The summed E-state index contributed by atoms with van der Waals surface area (Å²) in [5.74, 6) is 0.533. The lowest BCUT2D eigenvalue weighted by atomic mass is 10.3. The molecule has 4 nitrogen and oxygen atoms in total. The molecule has 2 aromatic rings. The molecular formula is C13H11Cl2NO3S. The normalized spacial score (nSPS) is 11.3. The van der Waals surface area contributed by atoms with Crippen LogP contribution in [0.25, 0.3) is 0 Å². The highest BCUT2D eigenvalue weighted by Crippen LogP contribution is 2.21. The lowest BCUT2D eigenvalue weighted by Gasteiger charge is -2.07. The maximum Gasteiger partial charge on any atom is 0.175 e. The van der Waals surface area contributed by atoms with Crippen molar-refractivity contribution in [2.45, 2.75) is 11.5 Å². The molecule has 0 unspecified atom stereocenters. The van der Waals surface area contributed by atoms with Gasteiger partial charge in [0.1, 0.15) is 12.4 Å². The van der Waals surface area contributed by atoms with Crippen molar-refractivity contribution in [2.24, 2.45) is 0 Å². The monoisotopic (exact) mass is 331 g/mol. The molecule has 106 valence electrons. The van der Waals surface area contributed by atoms with Crippen LogP contribution in [0.3, 0.4) is 0 Å². The molecule has 0 N–H and O–H groups in total. The molecule has 1 aromatic heterocycles. The van der Waals surface area contributed by atoms with Crippen molar-refractivity contribution in [3.8, 4) is 5.75 Å². The van der Waals surface area contributed by atoms with Gasteiger partial charge in [0.2, 0.25) is 0 Å². The van der Waals surface area contributed by atoms with Crippen molar-refractivity contribution < 1.29 is 13.2 Å². The molecule has 0 spiro atoms. The Kier molecular flexibility index (Phi) is 4.52. The average molecular weight is 332 g/mol. The fourth-order valence-corrected chi connectivity index (χ4v) is 2.55. The molecular weight excluding hydrogens is 321 g/mol. The number of pyridine rings is 1. The fraction of sp³-hybridized carbons (Fsp3) is 0.154. The molecule has 0 atom stereocenters. The second-order valence-corrected chi connectivity index (χ2v) is 6.97. The van der Waals surface area contributed by atoms with E-state index in [9.17, 15) is 8.42 Å². The number of sulfone groups is 1. The van der Waals surface area contributed by atoms with Gasteiger partial charge in [-0.05, 0) is 30.3 Å². The molecule has 0 saturated heterocycles. The van der Waals surface area contributed by atoms with Gasteiger partial charge >= 0.3 is 0 Å². The fourth-order valence-electron chi connectivity index (χ4n) is 1.48. The van der Waals surface area contributed by atoms with Gasteiger partial charge < -0.3 is 4.74 Å². The van der Waals surface area contributed by atoms with E-state index in [0.29, 0.717) is 21.5 Å². The summed E-state index contributed by atoms with van der Waals surface area (Å²) in [6.07, 6.45) is 2.64. The zero-order chi connectivity index (χ0) is 14.8. The van der Waals surface area contributed by atoms with E-state index in [2.05, 4.69) is 4.98 Å². The van der Waals surface area contributed by atoms with Gasteiger partial charge in [0, 0.05) is 12.5 Å². The highest BCUT2D eigenvalue weighted by molar-refractivity contribution is 7.90. The number of halogens is 2. The Morgan fingerprint density at radius 2 is 1.85 bits per heavy atom. The van der Waals surface area contributed by atoms with E-state index in [1.54, 1.807) is 18.2 Å². The molecule has 0 fully saturated rings. The van der Waals surface area contributed by atoms with Gasteiger partial charge in [-0.2, -0.15) is 0 Å². The molecule has 0 aliphatic carbocycles. The van der Waals surface area contributed by atoms with E-state index < -0.39 is 9.84 Å². The molecule has 0 aliphatic heterocycles. The highest BCUT2D eigenvalue weighted by atomic mass is 35.5. The zero-order valence-corrected chi connectivity index (χ0v) is 12.8. The van der Waals surface area contributed by atoms with Crippen molar-refractivity contribution in [1.82, 2.24) is 4.98 Å². The Morgan fingerprint density at radius 3 is 2.40 bits per heavy atom. The minimum absolute atomic E-state index is 0.175. The van der Waals surface area contributed by atoms with E-state index >= 15 is 0 Å². The van der Waals surface area contributed by atoms with Crippen LogP contribution in [0.2, 0.25) is 10.0 Å². The maximum absolute atomic E-state index is 11.3. The van der Waals surface area contributed by atoms with E-state index in [-0.39, 0.29) is 11.5 Å². The third-order valence-electron chi connectivity index (χ3n) is 2.51. The predicted octanol–water partition coefficient (Wildman–Crippen LogP) is 3.37. The van der Waals surface area contributed by atoms with Gasteiger partial charge in [-0.3, -0.25) is 4.98 Å². The lowest BCUT2D eigenvalue weighted by Crippen LogP contribution is -2.00. The van der Waals surface area contributed by atoms with Crippen LogP contribution in [0.4, 0.5) is 0 Å². The van der Waals surface area contributed by atoms with Crippen molar-refractivity contribution in [3.63, 3.8) is 0 Å². The molecule has 2 rings (SSSR count). The average Bonchev–Trinajstić information content (AvgIpc) is 2.37. The summed E-state index contributed by atoms with van der Waals surface area (Å²) < 4.78 is 28.1. The van der Waals surface area contributed by atoms with Gasteiger partial charge in [0.25, 0.3) is 0 Å². The number of hydrogen-bond acceptors (Lipinski definition) is 4. The van der Waals surface area contributed by atoms with Crippen molar-refractivity contribution in [1.29, 1.82) is 0 Å². The van der Waals surface area contributed by atoms with E-state index in [0.717, 1.165) is 6.26 Å². The topological polar surface area (TPSA) is 56.3 Å². The van der Waals surface area contributed by atoms with Crippen molar-refractivity contribution in [3.05, 3.63) is 52.3 Å². The molecule has 1 heterocycles. The van der Waals surface area contributed by atoms with Gasteiger partial charge in [-0.25, -0.2) is 8.42 Å². The first-order chi connectivity index (χ1) is 9.36. The first-order valence-electron chi connectivity index (χ1n) is 5.59. The molecule has 0 saturated carbocycles. The second kappa shape index (κ2) is 5.99. The minimum Gasteiger partial charge on any atom is -0.487 e. The number of hydrogen-bond donors (Lipinski definition) is 0. The van der Waals surface area contributed by atoms with Crippen LogP contribution in [0, 0.1) is 0 Å². The van der Waals surface area contributed by atoms with Crippen LogP contribution in [0.5, 0.6) is 5.75 Å². The van der Waals surface area contributed by atoms with Crippen LogP contribution in [-0.4, -0.2) is 19.7 Å². The first-order valence-corrected chi connectivity index (χ1v) is 8.24. The molecule has 20 heavy (non-hydrogen) atoms. The maximum atomic E-state index is 11.3. The molecule has 1 aromatic carbocycles. The van der Waals surface area contributed by atoms with E-state index in [1.807, 2.05) is 0 Å². The third kappa shape index (κ3) is 3.85. The molecule has 7 heteroatoms. The Balaban J connectivity index is 2.08. The number of aromatic nitrogens is 1. The van der Waals surface area contributed by atoms with Gasteiger partial charge in [-0.1, -0.05) is 23.2 Å². The Hall–Kier alpha value is -1.30. The standard InChI is InChI=1S/C13H11Cl2NO3S/c1-20(17,18)11-4-2-10(3-5-11)19-8-13-12(15)6-9(14)7-16-13/h2-7H,8H2,1H3. The van der Waals surface area contributed by atoms with Crippen molar-refractivity contribution in [2.75, 3.05) is 6.26 Å². The Morgan fingerprint density at radius 1 is 1.20 bits per heavy atom. The van der Waals surface area contributed by atoms with Crippen LogP contribution >= 0.6 is 23.2 Å². The highest BCUT2D eigenvalue weighted by Gasteiger charge is 2.07. The predicted molar refractivity (Wildman–Crippen MR) is 78.1 cm³/mol. The second-order valence-electron chi connectivity index (χ2n) is 4.11. The summed E-state index contributed by atoms with van der Waals surface area (Å²) in [4.78, 5) is 4.31. The molecule has 0 amide bonds. The number of rotatable bonds is 4. The summed E-state index contributed by atoms with van der Waals surface area (Å²) in [5.41, 5.74) is 0.559. The van der Waals surface area contributed by atoms with Gasteiger partial charge in [0.05, 0.1) is 20.6 Å². The summed E-state index contributed by atoms with van der Waals surface area (Å²) in [7, 11) is -3.20. The summed E-state index contributed by atoms with van der Waals surface area (Å²) in [6.45, 7) is 0.175. The zero-order valence-electron chi connectivity index (χ0n) is 10.5. The van der Waals surface area contributed by atoms with Crippen LogP contribution in [0.1, 0.15) is 5.69 Å². The van der Waals surface area contributed by atoms with Crippen LogP contribution in [-0.2, 0) is 16.4 Å². The summed E-state index contributed by atoms with van der Waals surface area (Å²) in [5, 5.41) is 0.876. The summed E-state index contributed by atoms with van der Waals surface area (Å²) >= 11 is 11.7. The number of benzene rings is 1.